The van der Waals surface area contributed by atoms with E-state index in [1.807, 2.05) is 0 Å². The molecule has 53 heavy (non-hydrogen) atoms. The van der Waals surface area contributed by atoms with Crippen molar-refractivity contribution in [1.82, 2.24) is 0 Å². The molecule has 0 saturated carbocycles. The quantitative estimate of drug-likeness (QED) is 0.123. The van der Waals surface area contributed by atoms with Crippen LogP contribution in [0.5, 0.6) is 0 Å². The Kier molecular flexibility index (Phi) is 6.78. The molecule has 3 heteroatoms. The minimum absolute atomic E-state index is 0.231. The molecule has 0 N–H and O–H groups in total. The summed E-state index contributed by atoms with van der Waals surface area (Å²) >= 11 is 0.743. The zero-order chi connectivity index (χ0) is 34.6. The van der Waals surface area contributed by atoms with Gasteiger partial charge in [0.25, 0.3) is 0 Å². The second kappa shape index (κ2) is 11.8. The Morgan fingerprint density at radius 2 is 0.547 bits per heavy atom. The summed E-state index contributed by atoms with van der Waals surface area (Å²) in [6.45, 7) is 0. The summed E-state index contributed by atoms with van der Waals surface area (Å²) < 4.78 is 8.96. The average Bonchev–Trinajstić information content (AvgIpc) is 3.91. The van der Waals surface area contributed by atoms with Crippen molar-refractivity contribution in [2.75, 3.05) is 0 Å². The maximum absolute atomic E-state index is 2.55. The molecule has 0 unspecified atom stereocenters. The molecule has 0 fully saturated rings. The summed E-state index contributed by atoms with van der Waals surface area (Å²) in [6, 6.07) is 64.8. The topological polar surface area (TPSA) is 0 Å². The zero-order valence-corrected chi connectivity index (χ0v) is 33.5. The van der Waals surface area contributed by atoms with E-state index < -0.39 is 0 Å². The van der Waals surface area contributed by atoms with Crippen molar-refractivity contribution < 1.29 is 0 Å². The number of fused-ring (bicyclic) bond motifs is 11. The van der Waals surface area contributed by atoms with Crippen LogP contribution in [0.2, 0.25) is 0 Å². The molecule has 0 bridgehead atoms. The van der Waals surface area contributed by atoms with Gasteiger partial charge in [-0.3, -0.25) is 0 Å². The SMILES string of the molecule is c1ccc2c(c1)[se]c1c(-c3cccc4c(-c5cccc6c5[se]c5ccccc56)c5cccc(-c6cccc7c6[se]c6ccccc67)c5cc34)cccc12. The molecule has 0 aliphatic carbocycles. The summed E-state index contributed by atoms with van der Waals surface area (Å²) in [5.74, 6) is 0. The van der Waals surface area contributed by atoms with Crippen LogP contribution in [0, 0.1) is 0 Å². The third-order valence-electron chi connectivity index (χ3n) is 11.1. The molecule has 0 radical (unpaired) electrons. The van der Waals surface area contributed by atoms with Crippen LogP contribution >= 0.6 is 0 Å². The molecule has 3 aromatic heterocycles. The van der Waals surface area contributed by atoms with E-state index in [2.05, 4.69) is 170 Å². The molecule has 12 aromatic rings. The summed E-state index contributed by atoms with van der Waals surface area (Å²) in [5, 5.41) is 13.8. The Morgan fingerprint density at radius 1 is 0.226 bits per heavy atom. The molecular weight excluding hydrogens is 837 g/mol. The molecule has 0 aliphatic rings. The molecule has 0 saturated heterocycles. The van der Waals surface area contributed by atoms with Gasteiger partial charge in [-0.25, -0.2) is 0 Å². The number of hydrogen-bond donors (Lipinski definition) is 0. The van der Waals surface area contributed by atoms with E-state index in [1.165, 1.54) is 113 Å². The number of benzene rings is 9. The first-order chi connectivity index (χ1) is 26.3. The van der Waals surface area contributed by atoms with Crippen LogP contribution in [-0.2, 0) is 0 Å². The first-order valence-corrected chi connectivity index (χ1v) is 23.1. The molecule has 12 rings (SSSR count). The summed E-state index contributed by atoms with van der Waals surface area (Å²) in [5.41, 5.74) is 8.18. The van der Waals surface area contributed by atoms with Crippen LogP contribution in [0.25, 0.3) is 113 Å². The van der Waals surface area contributed by atoms with Gasteiger partial charge < -0.3 is 0 Å². The molecular formula is C50H28Se3. The monoisotopic (exact) mass is 868 g/mol. The summed E-state index contributed by atoms with van der Waals surface area (Å²) in [4.78, 5) is 0. The third-order valence-corrected chi connectivity index (χ3v) is 18.8. The number of hydrogen-bond acceptors (Lipinski definition) is 0. The van der Waals surface area contributed by atoms with Crippen LogP contribution in [0.1, 0.15) is 0 Å². The van der Waals surface area contributed by atoms with Crippen LogP contribution < -0.4 is 0 Å². The molecule has 0 aliphatic heterocycles. The van der Waals surface area contributed by atoms with Crippen molar-refractivity contribution in [3.05, 3.63) is 170 Å². The van der Waals surface area contributed by atoms with Gasteiger partial charge in [-0.05, 0) is 0 Å². The molecule has 0 spiro atoms. The first-order valence-electron chi connectivity index (χ1n) is 18.0. The van der Waals surface area contributed by atoms with Crippen LogP contribution in [0.15, 0.2) is 170 Å². The van der Waals surface area contributed by atoms with Gasteiger partial charge in [0.1, 0.15) is 0 Å². The van der Waals surface area contributed by atoms with Gasteiger partial charge in [0.15, 0.2) is 0 Å². The van der Waals surface area contributed by atoms with Crippen molar-refractivity contribution in [1.29, 1.82) is 0 Å². The van der Waals surface area contributed by atoms with Gasteiger partial charge in [-0.2, -0.15) is 0 Å². The van der Waals surface area contributed by atoms with E-state index in [1.54, 1.807) is 0 Å². The molecule has 3 heterocycles. The van der Waals surface area contributed by atoms with Crippen molar-refractivity contribution in [3.8, 4) is 33.4 Å². The Morgan fingerprint density at radius 3 is 0.981 bits per heavy atom. The first kappa shape index (κ1) is 30.5. The normalized spacial score (nSPS) is 12.2. The zero-order valence-electron chi connectivity index (χ0n) is 28.4. The molecule has 9 aromatic carbocycles. The third kappa shape index (κ3) is 4.48. The average molecular weight is 866 g/mol. The fourth-order valence-corrected chi connectivity index (χ4v) is 16.5. The molecule has 0 nitrogen and oxygen atoms in total. The van der Waals surface area contributed by atoms with Crippen molar-refractivity contribution in [3.63, 3.8) is 0 Å². The van der Waals surface area contributed by atoms with Crippen molar-refractivity contribution in [2.24, 2.45) is 0 Å². The van der Waals surface area contributed by atoms with Crippen LogP contribution in [-0.4, -0.2) is 43.5 Å². The van der Waals surface area contributed by atoms with Gasteiger partial charge in [0, 0.05) is 0 Å². The van der Waals surface area contributed by atoms with E-state index in [-0.39, 0.29) is 43.5 Å². The standard InChI is InChI=1S/C50H28Se3/c1-4-25-44-31(12-1)38-21-9-19-36(48(38)51-44)29-15-7-17-34-42(29)28-43-30(37-20-10-22-39-32-13-2-5-26-45(32)52-49(37)39)16-8-18-35(43)47(34)41-24-11-23-40-33-14-3-6-27-46(33)53-50(40)41/h1-28H. The van der Waals surface area contributed by atoms with Gasteiger partial charge in [-0.15, -0.1) is 0 Å². The predicted molar refractivity (Wildman–Crippen MR) is 234 cm³/mol. The Bertz CT molecular complexity index is 3290. The Balaban J connectivity index is 1.24. The molecule has 0 atom stereocenters. The molecule has 0 amide bonds. The van der Waals surface area contributed by atoms with E-state index >= 15 is 0 Å². The van der Waals surface area contributed by atoms with E-state index in [0.717, 1.165) is 0 Å². The minimum atomic E-state index is 0.231. The van der Waals surface area contributed by atoms with Crippen molar-refractivity contribution >= 4 is 123 Å². The summed E-state index contributed by atoms with van der Waals surface area (Å²) in [7, 11) is 0. The number of rotatable bonds is 3. The molecule has 246 valence electrons. The Labute approximate surface area is 323 Å². The van der Waals surface area contributed by atoms with Crippen LogP contribution in [0.3, 0.4) is 0 Å². The Hall–Kier alpha value is -4.94. The maximum atomic E-state index is 2.55. The van der Waals surface area contributed by atoms with Gasteiger partial charge >= 0.3 is 326 Å². The van der Waals surface area contributed by atoms with E-state index in [4.69, 9.17) is 0 Å². The second-order valence-corrected chi connectivity index (χ2v) is 20.5. The second-order valence-electron chi connectivity index (χ2n) is 13.9. The van der Waals surface area contributed by atoms with Gasteiger partial charge in [0.05, 0.1) is 0 Å². The van der Waals surface area contributed by atoms with E-state index in [9.17, 15) is 0 Å². The van der Waals surface area contributed by atoms with Crippen molar-refractivity contribution in [2.45, 2.75) is 0 Å². The van der Waals surface area contributed by atoms with E-state index in [0.29, 0.717) is 0 Å². The van der Waals surface area contributed by atoms with Gasteiger partial charge in [0.2, 0.25) is 0 Å². The fraction of sp³-hybridized carbons (Fsp3) is 0. The predicted octanol–water partition coefficient (Wildman–Crippen LogP) is 13.1. The fourth-order valence-electron chi connectivity index (χ4n) is 8.79. The summed E-state index contributed by atoms with van der Waals surface area (Å²) in [6.07, 6.45) is 0. The van der Waals surface area contributed by atoms with Gasteiger partial charge in [-0.1, -0.05) is 0 Å². The van der Waals surface area contributed by atoms with Crippen LogP contribution in [0.4, 0.5) is 0 Å².